The van der Waals surface area contributed by atoms with Gasteiger partial charge in [-0.1, -0.05) is 26.1 Å². The maximum atomic E-state index is 12.5. The molecule has 0 saturated heterocycles. The van der Waals surface area contributed by atoms with Crippen LogP contribution in [0, 0.1) is 12.8 Å². The monoisotopic (exact) mass is 304 g/mol. The van der Waals surface area contributed by atoms with Gasteiger partial charge in [0.15, 0.2) is 5.03 Å². The number of aryl methyl sites for hydroxylation is 2. The van der Waals surface area contributed by atoms with Gasteiger partial charge in [0.25, 0.3) is 10.0 Å². The molecule has 6 nitrogen and oxygen atoms in total. The maximum absolute atomic E-state index is 12.5. The average Bonchev–Trinajstić information content (AvgIpc) is 2.66. The van der Waals surface area contributed by atoms with E-state index in [1.807, 2.05) is 6.92 Å². The number of hydrogen-bond acceptors (Lipinski definition) is 4. The van der Waals surface area contributed by atoms with Crippen LogP contribution in [-0.2, 0) is 17.1 Å². The number of hydrogen-bond donors (Lipinski definition) is 1. The van der Waals surface area contributed by atoms with Crippen molar-refractivity contribution in [2.45, 2.75) is 25.8 Å². The van der Waals surface area contributed by atoms with Gasteiger partial charge in [0, 0.05) is 32.3 Å². The maximum Gasteiger partial charge on any atom is 0.262 e. The Hall–Kier alpha value is -0.990. The molecule has 2 N–H and O–H groups in total. The van der Waals surface area contributed by atoms with Crippen LogP contribution in [0.5, 0.6) is 0 Å². The van der Waals surface area contributed by atoms with Crippen molar-refractivity contribution in [3.05, 3.63) is 12.0 Å². The molecule has 0 fully saturated rings. The van der Waals surface area contributed by atoms with E-state index in [4.69, 9.17) is 18.0 Å². The Labute approximate surface area is 119 Å². The summed E-state index contributed by atoms with van der Waals surface area (Å²) in [6, 6.07) is 0. The Morgan fingerprint density at radius 2 is 2.21 bits per heavy atom. The first-order valence-corrected chi connectivity index (χ1v) is 7.84. The zero-order chi connectivity index (χ0) is 14.8. The average molecular weight is 304 g/mol. The van der Waals surface area contributed by atoms with E-state index >= 15 is 0 Å². The second-order valence-corrected chi connectivity index (χ2v) is 6.85. The highest BCUT2D eigenvalue weighted by molar-refractivity contribution is 7.89. The van der Waals surface area contributed by atoms with Crippen molar-refractivity contribution in [1.82, 2.24) is 13.9 Å². The molecule has 0 amide bonds. The highest BCUT2D eigenvalue weighted by Crippen LogP contribution is 2.16. The molecule has 0 aliphatic heterocycles. The standard InChI is InChI=1S/C11H20N4O2S2/c1-5-15(6-8(2)11(12)18)19(16,17)10-7-14(4)9(3)13-10/h7-8H,5-6H2,1-4H3,(H2,12,18). The third-order valence-electron chi connectivity index (χ3n) is 3.01. The molecule has 0 aliphatic rings. The van der Waals surface area contributed by atoms with Crippen molar-refractivity contribution >= 4 is 27.2 Å². The fraction of sp³-hybridized carbons (Fsp3) is 0.636. The summed E-state index contributed by atoms with van der Waals surface area (Å²) in [5, 5.41) is 0.0597. The summed E-state index contributed by atoms with van der Waals surface area (Å²) in [7, 11) is -1.84. The third kappa shape index (κ3) is 3.52. The van der Waals surface area contributed by atoms with E-state index < -0.39 is 10.0 Å². The predicted molar refractivity (Wildman–Crippen MR) is 78.3 cm³/mol. The fourth-order valence-corrected chi connectivity index (χ4v) is 3.21. The van der Waals surface area contributed by atoms with Crippen molar-refractivity contribution in [3.8, 4) is 0 Å². The van der Waals surface area contributed by atoms with Crippen molar-refractivity contribution in [2.75, 3.05) is 13.1 Å². The summed E-state index contributed by atoms with van der Waals surface area (Å²) in [5.74, 6) is 0.478. The number of imidazole rings is 1. The van der Waals surface area contributed by atoms with Crippen molar-refractivity contribution in [1.29, 1.82) is 0 Å². The van der Waals surface area contributed by atoms with Crippen molar-refractivity contribution in [2.24, 2.45) is 18.7 Å². The van der Waals surface area contributed by atoms with E-state index in [0.717, 1.165) is 0 Å². The molecule has 1 atom stereocenters. The molecule has 8 heteroatoms. The second kappa shape index (κ2) is 5.98. The number of nitrogens with zero attached hydrogens (tertiary/aromatic N) is 3. The molecular weight excluding hydrogens is 284 g/mol. The SMILES string of the molecule is CCN(CC(C)C(N)=S)S(=O)(=O)c1cn(C)c(C)n1. The van der Waals surface area contributed by atoms with Crippen molar-refractivity contribution in [3.63, 3.8) is 0 Å². The smallest absolute Gasteiger partial charge is 0.262 e. The molecule has 1 rings (SSSR count). The first kappa shape index (κ1) is 16.1. The van der Waals surface area contributed by atoms with E-state index in [2.05, 4.69) is 4.98 Å². The van der Waals surface area contributed by atoms with Gasteiger partial charge in [0.1, 0.15) is 5.82 Å². The van der Waals surface area contributed by atoms with Gasteiger partial charge >= 0.3 is 0 Å². The highest BCUT2D eigenvalue weighted by atomic mass is 32.2. The zero-order valence-corrected chi connectivity index (χ0v) is 13.3. The molecule has 0 aromatic carbocycles. The van der Waals surface area contributed by atoms with Gasteiger partial charge in [-0.05, 0) is 6.92 Å². The molecule has 1 unspecified atom stereocenters. The molecular formula is C11H20N4O2S2. The van der Waals surface area contributed by atoms with Crippen LogP contribution in [0.2, 0.25) is 0 Å². The Morgan fingerprint density at radius 1 is 1.63 bits per heavy atom. The quantitative estimate of drug-likeness (QED) is 0.781. The van der Waals surface area contributed by atoms with E-state index in [9.17, 15) is 8.42 Å². The minimum atomic E-state index is -3.60. The van der Waals surface area contributed by atoms with E-state index in [-0.39, 0.29) is 17.5 Å². The number of nitrogens with two attached hydrogens (primary N) is 1. The third-order valence-corrected chi connectivity index (χ3v) is 5.22. The van der Waals surface area contributed by atoms with Gasteiger partial charge in [-0.25, -0.2) is 13.4 Å². The Balaban J connectivity index is 3.05. The van der Waals surface area contributed by atoms with Gasteiger partial charge < -0.3 is 10.3 Å². The van der Waals surface area contributed by atoms with Crippen LogP contribution in [0.1, 0.15) is 19.7 Å². The first-order chi connectivity index (χ1) is 8.70. The summed E-state index contributed by atoms with van der Waals surface area (Å²) in [6.45, 7) is 5.96. The van der Waals surface area contributed by atoms with E-state index in [1.165, 1.54) is 10.5 Å². The number of sulfonamides is 1. The summed E-state index contributed by atoms with van der Waals surface area (Å²) in [6.07, 6.45) is 1.51. The Kier molecular flexibility index (Phi) is 5.05. The molecule has 1 aromatic heterocycles. The van der Waals surface area contributed by atoms with Crippen LogP contribution in [0.3, 0.4) is 0 Å². The summed E-state index contributed by atoms with van der Waals surface area (Å²) in [5.41, 5.74) is 5.54. The molecule has 0 spiro atoms. The van der Waals surface area contributed by atoms with E-state index in [1.54, 1.807) is 25.5 Å². The fourth-order valence-electron chi connectivity index (χ4n) is 1.58. The van der Waals surface area contributed by atoms with Gasteiger partial charge in [0.05, 0.1) is 4.99 Å². The molecule has 0 aliphatic carbocycles. The minimum Gasteiger partial charge on any atom is -0.393 e. The predicted octanol–water partition coefficient (Wildman–Crippen LogP) is 0.661. The van der Waals surface area contributed by atoms with Crippen LogP contribution in [0.4, 0.5) is 0 Å². The Bertz CT molecular complexity index is 546. The lowest BCUT2D eigenvalue weighted by Gasteiger charge is -2.22. The highest BCUT2D eigenvalue weighted by Gasteiger charge is 2.27. The van der Waals surface area contributed by atoms with Crippen molar-refractivity contribution < 1.29 is 8.42 Å². The lowest BCUT2D eigenvalue weighted by molar-refractivity contribution is 0.403. The number of rotatable bonds is 6. The minimum absolute atomic E-state index is 0.0597. The molecule has 1 aromatic rings. The summed E-state index contributed by atoms with van der Waals surface area (Å²) < 4.78 is 27.9. The molecule has 0 radical (unpaired) electrons. The van der Waals surface area contributed by atoms with Crippen LogP contribution in [-0.4, -0.2) is 40.4 Å². The number of aromatic nitrogens is 2. The van der Waals surface area contributed by atoms with Gasteiger partial charge in [0.2, 0.25) is 0 Å². The Morgan fingerprint density at radius 3 is 2.58 bits per heavy atom. The molecule has 108 valence electrons. The first-order valence-electron chi connectivity index (χ1n) is 5.99. The molecule has 0 bridgehead atoms. The molecule has 19 heavy (non-hydrogen) atoms. The van der Waals surface area contributed by atoms with Gasteiger partial charge in [-0.3, -0.25) is 0 Å². The second-order valence-electron chi connectivity index (χ2n) is 4.50. The largest absolute Gasteiger partial charge is 0.393 e. The normalized spacial score (nSPS) is 13.7. The van der Waals surface area contributed by atoms with E-state index in [0.29, 0.717) is 17.4 Å². The lowest BCUT2D eigenvalue weighted by Crippen LogP contribution is -2.38. The molecule has 1 heterocycles. The summed E-state index contributed by atoms with van der Waals surface area (Å²) in [4.78, 5) is 4.38. The summed E-state index contributed by atoms with van der Waals surface area (Å²) >= 11 is 4.89. The lowest BCUT2D eigenvalue weighted by atomic mass is 10.2. The molecule has 0 saturated carbocycles. The van der Waals surface area contributed by atoms with Gasteiger partial charge in [-0.15, -0.1) is 0 Å². The van der Waals surface area contributed by atoms with Gasteiger partial charge in [-0.2, -0.15) is 4.31 Å². The van der Waals surface area contributed by atoms with Crippen LogP contribution < -0.4 is 5.73 Å². The van der Waals surface area contributed by atoms with Crippen LogP contribution in [0.25, 0.3) is 0 Å². The topological polar surface area (TPSA) is 81.2 Å². The number of thiocarbonyl (C=S) groups is 1. The van der Waals surface area contributed by atoms with Crippen LogP contribution >= 0.6 is 12.2 Å². The van der Waals surface area contributed by atoms with Crippen LogP contribution in [0.15, 0.2) is 11.2 Å². The zero-order valence-electron chi connectivity index (χ0n) is 11.6.